The number of amides is 1. The van der Waals surface area contributed by atoms with E-state index in [9.17, 15) is 9.59 Å². The number of aromatic nitrogens is 4. The fraction of sp³-hybridized carbons (Fsp3) is 0.0435. The molecule has 1 amide bonds. The van der Waals surface area contributed by atoms with Gasteiger partial charge in [-0.05, 0) is 23.8 Å². The molecule has 146 valence electrons. The van der Waals surface area contributed by atoms with Gasteiger partial charge in [0, 0.05) is 5.39 Å². The average molecular weight is 395 g/mol. The Hall–Kier alpha value is -4.26. The number of H-pyrrole nitrogens is 1. The normalized spacial score (nSPS) is 11.1. The molecule has 7 heteroatoms. The topological polar surface area (TPSA) is 92.7 Å². The molecule has 7 nitrogen and oxygen atoms in total. The van der Waals surface area contributed by atoms with Crippen LogP contribution >= 0.6 is 0 Å². The van der Waals surface area contributed by atoms with Crippen LogP contribution < -0.4 is 10.9 Å². The Labute approximate surface area is 171 Å². The summed E-state index contributed by atoms with van der Waals surface area (Å²) in [6, 6.07) is 24.0. The summed E-state index contributed by atoms with van der Waals surface area (Å²) in [5.74, 6) is -0.111. The first-order valence-corrected chi connectivity index (χ1v) is 9.49. The maximum Gasteiger partial charge on any atom is 0.279 e. The number of benzene rings is 3. The fourth-order valence-corrected chi connectivity index (χ4v) is 3.45. The van der Waals surface area contributed by atoms with Crippen molar-refractivity contribution in [3.8, 4) is 0 Å². The first-order valence-electron chi connectivity index (χ1n) is 9.49. The van der Waals surface area contributed by atoms with Crippen LogP contribution in [0, 0.1) is 0 Å². The van der Waals surface area contributed by atoms with Gasteiger partial charge in [0.25, 0.3) is 11.5 Å². The summed E-state index contributed by atoms with van der Waals surface area (Å²) < 4.78 is 1.32. The molecule has 5 rings (SSSR count). The number of fused-ring (bicyclic) bond motifs is 2. The minimum Gasteiger partial charge on any atom is -0.324 e. The number of hydrogen-bond acceptors (Lipinski definition) is 4. The lowest BCUT2D eigenvalue weighted by Crippen LogP contribution is -2.28. The lowest BCUT2D eigenvalue weighted by atomic mass is 10.1. The highest BCUT2D eigenvalue weighted by Gasteiger charge is 2.18. The summed E-state index contributed by atoms with van der Waals surface area (Å²) in [6.45, 7) is 0.273. The van der Waals surface area contributed by atoms with E-state index in [2.05, 4.69) is 20.4 Å². The van der Waals surface area contributed by atoms with E-state index in [-0.39, 0.29) is 17.8 Å². The number of hydrogen-bond donors (Lipinski definition) is 2. The van der Waals surface area contributed by atoms with Gasteiger partial charge >= 0.3 is 0 Å². The van der Waals surface area contributed by atoms with Gasteiger partial charge in [-0.25, -0.2) is 9.67 Å². The zero-order chi connectivity index (χ0) is 20.5. The van der Waals surface area contributed by atoms with Crippen LogP contribution in [0.3, 0.4) is 0 Å². The zero-order valence-electron chi connectivity index (χ0n) is 15.9. The number of carbonyl (C=O) groups is 1. The number of aromatic amines is 1. The molecule has 0 fully saturated rings. The number of nitrogens with zero attached hydrogens (tertiary/aromatic N) is 3. The fourth-order valence-electron chi connectivity index (χ4n) is 3.45. The molecule has 2 N–H and O–H groups in total. The summed E-state index contributed by atoms with van der Waals surface area (Å²) in [4.78, 5) is 33.5. The van der Waals surface area contributed by atoms with Gasteiger partial charge in [0.2, 0.25) is 5.95 Å². The summed E-state index contributed by atoms with van der Waals surface area (Å²) in [5, 5.41) is 8.11. The van der Waals surface area contributed by atoms with Crippen molar-refractivity contribution in [1.29, 1.82) is 0 Å². The molecule has 5 aromatic rings. The van der Waals surface area contributed by atoms with Gasteiger partial charge in [0.15, 0.2) is 5.69 Å². The van der Waals surface area contributed by atoms with E-state index in [1.807, 2.05) is 54.6 Å². The Kier molecular flexibility index (Phi) is 4.33. The highest BCUT2D eigenvalue weighted by atomic mass is 16.2. The van der Waals surface area contributed by atoms with E-state index in [0.717, 1.165) is 16.6 Å². The van der Waals surface area contributed by atoms with E-state index in [1.165, 1.54) is 4.68 Å². The van der Waals surface area contributed by atoms with Crippen molar-refractivity contribution < 1.29 is 4.79 Å². The lowest BCUT2D eigenvalue weighted by Gasteiger charge is -2.11. The highest BCUT2D eigenvalue weighted by molar-refractivity contribution is 6.10. The second-order valence-electron chi connectivity index (χ2n) is 6.90. The minimum atomic E-state index is -0.438. The smallest absolute Gasteiger partial charge is 0.279 e. The molecular formula is C23H17N5O2. The number of nitrogens with one attached hydrogen (secondary N) is 2. The van der Waals surface area contributed by atoms with E-state index >= 15 is 0 Å². The Balaban J connectivity index is 1.57. The molecule has 0 spiro atoms. The van der Waals surface area contributed by atoms with Crippen molar-refractivity contribution in [2.75, 3.05) is 5.32 Å². The Bertz CT molecular complexity index is 1400. The maximum absolute atomic E-state index is 13.1. The molecule has 0 aliphatic carbocycles. The first kappa shape index (κ1) is 17.8. The molecule has 2 aromatic heterocycles. The predicted molar refractivity (Wildman–Crippen MR) is 116 cm³/mol. The largest absolute Gasteiger partial charge is 0.324 e. The minimum absolute atomic E-state index is 0.168. The average Bonchev–Trinajstić information content (AvgIpc) is 3.18. The molecule has 0 aliphatic rings. The quantitative estimate of drug-likeness (QED) is 0.487. The third kappa shape index (κ3) is 3.22. The summed E-state index contributed by atoms with van der Waals surface area (Å²) in [6.07, 6.45) is 0. The van der Waals surface area contributed by atoms with Gasteiger partial charge in [0.1, 0.15) is 0 Å². The van der Waals surface area contributed by atoms with Gasteiger partial charge in [-0.3, -0.25) is 14.9 Å². The van der Waals surface area contributed by atoms with Gasteiger partial charge in [-0.15, -0.1) is 0 Å². The SMILES string of the molecule is O=C(Nc1nc2ccccc2[nH]1)c1nn(Cc2ccccc2)c(=O)c2ccccc12. The predicted octanol–water partition coefficient (Wildman–Crippen LogP) is 3.57. The van der Waals surface area contributed by atoms with Crippen molar-refractivity contribution in [2.45, 2.75) is 6.54 Å². The van der Waals surface area contributed by atoms with E-state index in [0.29, 0.717) is 16.7 Å². The van der Waals surface area contributed by atoms with Crippen LogP contribution in [0.5, 0.6) is 0 Å². The summed E-state index contributed by atoms with van der Waals surface area (Å²) in [5.41, 5.74) is 2.42. The molecule has 0 saturated carbocycles. The van der Waals surface area contributed by atoms with Crippen LogP contribution in [-0.2, 0) is 6.54 Å². The lowest BCUT2D eigenvalue weighted by molar-refractivity contribution is 0.102. The van der Waals surface area contributed by atoms with Crippen molar-refractivity contribution in [3.05, 3.63) is 100 Å². The van der Waals surface area contributed by atoms with Gasteiger partial charge < -0.3 is 4.98 Å². The van der Waals surface area contributed by atoms with Crippen LogP contribution in [0.15, 0.2) is 83.7 Å². The molecule has 0 saturated heterocycles. The molecule has 0 atom stereocenters. The Morgan fingerprint density at radius 2 is 1.60 bits per heavy atom. The number of anilines is 1. The zero-order valence-corrected chi connectivity index (χ0v) is 15.9. The van der Waals surface area contributed by atoms with Gasteiger partial charge in [-0.1, -0.05) is 60.7 Å². The van der Waals surface area contributed by atoms with Crippen LogP contribution in [0.1, 0.15) is 16.1 Å². The van der Waals surface area contributed by atoms with Gasteiger partial charge in [0.05, 0.1) is 23.0 Å². The van der Waals surface area contributed by atoms with Crippen molar-refractivity contribution >= 4 is 33.7 Å². The second kappa shape index (κ2) is 7.29. The van der Waals surface area contributed by atoms with Crippen LogP contribution in [0.2, 0.25) is 0 Å². The monoisotopic (exact) mass is 395 g/mol. The number of imidazole rings is 1. The Morgan fingerprint density at radius 3 is 2.40 bits per heavy atom. The van der Waals surface area contributed by atoms with E-state index < -0.39 is 5.91 Å². The molecule has 0 aliphatic heterocycles. The maximum atomic E-state index is 13.1. The van der Waals surface area contributed by atoms with Crippen LogP contribution in [0.25, 0.3) is 21.8 Å². The number of carbonyl (C=O) groups excluding carboxylic acids is 1. The van der Waals surface area contributed by atoms with Crippen molar-refractivity contribution in [2.24, 2.45) is 0 Å². The molecule has 30 heavy (non-hydrogen) atoms. The summed E-state index contributed by atoms with van der Waals surface area (Å²) in [7, 11) is 0. The standard InChI is InChI=1S/C23H17N5O2/c29-21(26-23-24-18-12-6-7-13-19(18)25-23)20-16-10-4-5-11-17(16)22(30)28(27-20)14-15-8-2-1-3-9-15/h1-13H,14H2,(H2,24,25,26,29). The number of para-hydroxylation sites is 2. The van der Waals surface area contributed by atoms with Crippen molar-refractivity contribution in [1.82, 2.24) is 19.7 Å². The molecule has 0 unspecified atom stereocenters. The van der Waals surface area contributed by atoms with E-state index in [4.69, 9.17) is 0 Å². The van der Waals surface area contributed by atoms with Crippen LogP contribution in [-0.4, -0.2) is 25.7 Å². The van der Waals surface area contributed by atoms with Crippen molar-refractivity contribution in [3.63, 3.8) is 0 Å². The molecule has 0 radical (unpaired) electrons. The van der Waals surface area contributed by atoms with E-state index in [1.54, 1.807) is 24.3 Å². The highest BCUT2D eigenvalue weighted by Crippen LogP contribution is 2.17. The second-order valence-corrected chi connectivity index (χ2v) is 6.90. The molecule has 0 bridgehead atoms. The van der Waals surface area contributed by atoms with Gasteiger partial charge in [-0.2, -0.15) is 5.10 Å². The third-order valence-electron chi connectivity index (χ3n) is 4.88. The first-order chi connectivity index (χ1) is 14.7. The summed E-state index contributed by atoms with van der Waals surface area (Å²) >= 11 is 0. The molecule has 3 aromatic carbocycles. The Morgan fingerprint density at radius 1 is 0.900 bits per heavy atom. The molecule has 2 heterocycles. The number of rotatable bonds is 4. The third-order valence-corrected chi connectivity index (χ3v) is 4.88. The molecular weight excluding hydrogens is 378 g/mol. The van der Waals surface area contributed by atoms with Crippen LogP contribution in [0.4, 0.5) is 5.95 Å².